The zero-order chi connectivity index (χ0) is 13.9. The van der Waals surface area contributed by atoms with Crippen LogP contribution in [0.4, 0.5) is 0 Å². The van der Waals surface area contributed by atoms with Crippen molar-refractivity contribution in [3.05, 3.63) is 29.3 Å². The maximum Gasteiger partial charge on any atom is 0.124 e. The van der Waals surface area contributed by atoms with Gasteiger partial charge in [-0.2, -0.15) is 0 Å². The van der Waals surface area contributed by atoms with Crippen LogP contribution in [0.3, 0.4) is 0 Å². The number of phenols is 1. The molecule has 0 unspecified atom stereocenters. The lowest BCUT2D eigenvalue weighted by Gasteiger charge is -2.09. The van der Waals surface area contributed by atoms with Gasteiger partial charge in [0.25, 0.3) is 0 Å². The Kier molecular flexibility index (Phi) is 7.95. The number of hydrogen-bond acceptors (Lipinski definition) is 2. The molecule has 0 aliphatic carbocycles. The van der Waals surface area contributed by atoms with Crippen molar-refractivity contribution >= 4 is 6.29 Å². The minimum atomic E-state index is 0.338. The molecule has 1 N–H and O–H groups in total. The van der Waals surface area contributed by atoms with Crippen LogP contribution >= 0.6 is 0 Å². The summed E-state index contributed by atoms with van der Waals surface area (Å²) < 4.78 is 0. The Morgan fingerprint density at radius 2 is 1.74 bits per heavy atom. The van der Waals surface area contributed by atoms with Gasteiger partial charge in [0.05, 0.1) is 0 Å². The average Bonchev–Trinajstić information content (AvgIpc) is 2.41. The SMILES string of the molecule is CCCCCCCCCc1c(O)cccc1CC=O. The van der Waals surface area contributed by atoms with E-state index in [1.54, 1.807) is 6.07 Å². The normalized spacial score (nSPS) is 10.6. The van der Waals surface area contributed by atoms with Crippen molar-refractivity contribution in [1.29, 1.82) is 0 Å². The van der Waals surface area contributed by atoms with Crippen molar-refractivity contribution in [3.63, 3.8) is 0 Å². The Labute approximate surface area is 116 Å². The van der Waals surface area contributed by atoms with Crippen molar-refractivity contribution < 1.29 is 9.90 Å². The fourth-order valence-corrected chi connectivity index (χ4v) is 2.45. The molecule has 0 fully saturated rings. The van der Waals surface area contributed by atoms with Crippen molar-refractivity contribution in [2.75, 3.05) is 0 Å². The summed E-state index contributed by atoms with van der Waals surface area (Å²) in [4.78, 5) is 10.6. The maximum atomic E-state index is 10.6. The third-order valence-corrected chi connectivity index (χ3v) is 3.58. The summed E-state index contributed by atoms with van der Waals surface area (Å²) in [5, 5.41) is 9.87. The number of unbranched alkanes of at least 4 members (excludes halogenated alkanes) is 6. The van der Waals surface area contributed by atoms with Gasteiger partial charge in [-0.3, -0.25) is 0 Å². The molecule has 0 aliphatic rings. The summed E-state index contributed by atoms with van der Waals surface area (Å²) in [6.45, 7) is 2.23. The first-order valence-corrected chi connectivity index (χ1v) is 7.53. The van der Waals surface area contributed by atoms with E-state index in [1.165, 1.54) is 38.5 Å². The van der Waals surface area contributed by atoms with Gasteiger partial charge in [0, 0.05) is 6.42 Å². The number of aromatic hydroxyl groups is 1. The first-order chi connectivity index (χ1) is 9.29. The van der Waals surface area contributed by atoms with Crippen LogP contribution in [0.1, 0.15) is 63.0 Å². The molecule has 1 aromatic rings. The summed E-state index contributed by atoms with van der Waals surface area (Å²) in [7, 11) is 0. The number of aldehydes is 1. The molecule has 0 bridgehead atoms. The Morgan fingerprint density at radius 1 is 1.05 bits per heavy atom. The van der Waals surface area contributed by atoms with Crippen LogP contribution in [-0.2, 0) is 17.6 Å². The molecule has 0 amide bonds. The highest BCUT2D eigenvalue weighted by molar-refractivity contribution is 5.57. The lowest BCUT2D eigenvalue weighted by molar-refractivity contribution is -0.107. The third-order valence-electron chi connectivity index (χ3n) is 3.58. The van der Waals surface area contributed by atoms with E-state index >= 15 is 0 Å². The summed E-state index contributed by atoms with van der Waals surface area (Å²) in [5.41, 5.74) is 1.93. The highest BCUT2D eigenvalue weighted by Gasteiger charge is 2.06. The van der Waals surface area contributed by atoms with Gasteiger partial charge in [0.1, 0.15) is 12.0 Å². The lowest BCUT2D eigenvalue weighted by atomic mass is 9.98. The molecule has 0 spiro atoms. The standard InChI is InChI=1S/C17H26O2/c1-2-3-4-5-6-7-8-11-16-15(13-14-18)10-9-12-17(16)19/h9-10,12,14,19H,2-8,11,13H2,1H3. The Balaban J connectivity index is 2.34. The summed E-state index contributed by atoms with van der Waals surface area (Å²) >= 11 is 0. The number of phenolic OH excluding ortho intramolecular Hbond substituents is 1. The summed E-state index contributed by atoms with van der Waals surface area (Å²) in [6.07, 6.45) is 11.0. The first kappa shape index (κ1) is 15.7. The highest BCUT2D eigenvalue weighted by atomic mass is 16.3. The monoisotopic (exact) mass is 262 g/mol. The van der Waals surface area contributed by atoms with Crippen LogP contribution in [0, 0.1) is 0 Å². The molecule has 0 atom stereocenters. The summed E-state index contributed by atoms with van der Waals surface area (Å²) in [6, 6.07) is 5.46. The minimum absolute atomic E-state index is 0.338. The molecule has 0 aromatic heterocycles. The second kappa shape index (κ2) is 9.60. The fraction of sp³-hybridized carbons (Fsp3) is 0.588. The zero-order valence-electron chi connectivity index (χ0n) is 12.0. The molecule has 2 nitrogen and oxygen atoms in total. The van der Waals surface area contributed by atoms with Gasteiger partial charge in [-0.25, -0.2) is 0 Å². The Bertz CT molecular complexity index is 372. The molecular formula is C17H26O2. The average molecular weight is 262 g/mol. The molecule has 0 saturated heterocycles. The Hall–Kier alpha value is -1.31. The molecule has 0 radical (unpaired) electrons. The highest BCUT2D eigenvalue weighted by Crippen LogP contribution is 2.23. The predicted octanol–water partition coefficient (Wildman–Crippen LogP) is 4.43. The van der Waals surface area contributed by atoms with Gasteiger partial charge in [-0.1, -0.05) is 57.6 Å². The van der Waals surface area contributed by atoms with Gasteiger partial charge in [0.15, 0.2) is 0 Å². The van der Waals surface area contributed by atoms with E-state index in [2.05, 4.69) is 6.92 Å². The van der Waals surface area contributed by atoms with E-state index in [4.69, 9.17) is 0 Å². The van der Waals surface area contributed by atoms with Gasteiger partial charge in [0.2, 0.25) is 0 Å². The quantitative estimate of drug-likeness (QED) is 0.500. The molecule has 0 saturated carbocycles. The summed E-state index contributed by atoms with van der Waals surface area (Å²) in [5.74, 6) is 0.338. The molecule has 1 rings (SSSR count). The van der Waals surface area contributed by atoms with Crippen LogP contribution in [0.15, 0.2) is 18.2 Å². The second-order valence-corrected chi connectivity index (χ2v) is 5.16. The fourth-order valence-electron chi connectivity index (χ4n) is 2.45. The van der Waals surface area contributed by atoms with Crippen LogP contribution in [0.2, 0.25) is 0 Å². The van der Waals surface area contributed by atoms with Gasteiger partial charge >= 0.3 is 0 Å². The molecule has 1 aromatic carbocycles. The van der Waals surface area contributed by atoms with E-state index in [0.717, 1.165) is 30.3 Å². The maximum absolute atomic E-state index is 10.6. The van der Waals surface area contributed by atoms with Crippen molar-refractivity contribution in [1.82, 2.24) is 0 Å². The largest absolute Gasteiger partial charge is 0.508 e. The molecule has 19 heavy (non-hydrogen) atoms. The molecule has 0 heterocycles. The number of rotatable bonds is 10. The third kappa shape index (κ3) is 5.91. The zero-order valence-corrected chi connectivity index (χ0v) is 12.0. The minimum Gasteiger partial charge on any atom is -0.508 e. The Morgan fingerprint density at radius 3 is 2.42 bits per heavy atom. The first-order valence-electron chi connectivity index (χ1n) is 7.53. The van der Waals surface area contributed by atoms with E-state index in [0.29, 0.717) is 12.2 Å². The predicted molar refractivity (Wildman–Crippen MR) is 79.6 cm³/mol. The van der Waals surface area contributed by atoms with E-state index in [1.807, 2.05) is 12.1 Å². The van der Waals surface area contributed by atoms with E-state index < -0.39 is 0 Å². The van der Waals surface area contributed by atoms with Crippen LogP contribution in [0.5, 0.6) is 5.75 Å². The second-order valence-electron chi connectivity index (χ2n) is 5.16. The van der Waals surface area contributed by atoms with Gasteiger partial charge in [-0.05, 0) is 30.0 Å². The number of carbonyl (C=O) groups excluding carboxylic acids is 1. The topological polar surface area (TPSA) is 37.3 Å². The van der Waals surface area contributed by atoms with E-state index in [-0.39, 0.29) is 0 Å². The van der Waals surface area contributed by atoms with Crippen molar-refractivity contribution in [2.45, 2.75) is 64.7 Å². The van der Waals surface area contributed by atoms with Crippen LogP contribution < -0.4 is 0 Å². The molecule has 106 valence electrons. The van der Waals surface area contributed by atoms with Crippen LogP contribution in [-0.4, -0.2) is 11.4 Å². The number of hydrogen-bond donors (Lipinski definition) is 1. The van der Waals surface area contributed by atoms with Crippen LogP contribution in [0.25, 0.3) is 0 Å². The lowest BCUT2D eigenvalue weighted by Crippen LogP contribution is -1.96. The van der Waals surface area contributed by atoms with Crippen molar-refractivity contribution in [2.24, 2.45) is 0 Å². The smallest absolute Gasteiger partial charge is 0.124 e. The van der Waals surface area contributed by atoms with Gasteiger partial charge in [-0.15, -0.1) is 0 Å². The van der Waals surface area contributed by atoms with E-state index in [9.17, 15) is 9.90 Å². The molecule has 0 aliphatic heterocycles. The molecular weight excluding hydrogens is 236 g/mol. The van der Waals surface area contributed by atoms with Crippen molar-refractivity contribution in [3.8, 4) is 5.75 Å². The number of benzene rings is 1. The number of carbonyl (C=O) groups is 1. The molecule has 2 heteroatoms. The van der Waals surface area contributed by atoms with Gasteiger partial charge < -0.3 is 9.90 Å².